The quantitative estimate of drug-likeness (QED) is 0.415. The summed E-state index contributed by atoms with van der Waals surface area (Å²) in [5.41, 5.74) is 2.41. The van der Waals surface area contributed by atoms with Crippen molar-refractivity contribution in [1.82, 2.24) is 25.0 Å². The highest BCUT2D eigenvalue weighted by molar-refractivity contribution is 5.80. The van der Waals surface area contributed by atoms with Gasteiger partial charge >= 0.3 is 0 Å². The molecule has 0 aliphatic rings. The Morgan fingerprint density at radius 2 is 2.04 bits per heavy atom. The third-order valence-electron chi connectivity index (χ3n) is 4.13. The number of para-hydroxylation sites is 1. The Morgan fingerprint density at radius 1 is 1.17 bits per heavy atom. The van der Waals surface area contributed by atoms with Crippen LogP contribution < -0.4 is 10.6 Å². The summed E-state index contributed by atoms with van der Waals surface area (Å²) in [7, 11) is 3.73. The van der Waals surface area contributed by atoms with Gasteiger partial charge in [-0.1, -0.05) is 18.2 Å². The third-order valence-corrected chi connectivity index (χ3v) is 4.13. The van der Waals surface area contributed by atoms with Gasteiger partial charge in [-0.2, -0.15) is 5.10 Å². The molecule has 3 rings (SSSR count). The highest BCUT2D eigenvalue weighted by Crippen LogP contribution is 2.15. The predicted molar refractivity (Wildman–Crippen MR) is 98.0 cm³/mol. The topological polar surface area (TPSA) is 59.2 Å². The fourth-order valence-electron chi connectivity index (χ4n) is 2.76. The number of fused-ring (bicyclic) bond motifs is 1. The van der Waals surface area contributed by atoms with Crippen LogP contribution in [-0.2, 0) is 20.1 Å². The minimum atomic E-state index is 0.707. The maximum atomic E-state index is 4.26. The van der Waals surface area contributed by atoms with Crippen molar-refractivity contribution in [3.63, 3.8) is 0 Å². The van der Waals surface area contributed by atoms with Gasteiger partial charge in [0.15, 0.2) is 5.96 Å². The molecule has 0 amide bonds. The number of aryl methyl sites for hydroxylation is 2. The van der Waals surface area contributed by atoms with Gasteiger partial charge in [0.1, 0.15) is 0 Å². The van der Waals surface area contributed by atoms with Gasteiger partial charge in [-0.05, 0) is 30.0 Å². The Balaban J connectivity index is 1.44. The van der Waals surface area contributed by atoms with E-state index >= 15 is 0 Å². The summed E-state index contributed by atoms with van der Waals surface area (Å²) >= 11 is 0. The van der Waals surface area contributed by atoms with Crippen LogP contribution in [0, 0.1) is 0 Å². The summed E-state index contributed by atoms with van der Waals surface area (Å²) < 4.78 is 4.15. The van der Waals surface area contributed by atoms with Crippen molar-refractivity contribution in [3.8, 4) is 0 Å². The molecule has 3 aromatic rings. The Morgan fingerprint density at radius 3 is 2.83 bits per heavy atom. The second-order valence-corrected chi connectivity index (χ2v) is 5.72. The van der Waals surface area contributed by atoms with Crippen molar-refractivity contribution in [1.29, 1.82) is 0 Å². The van der Waals surface area contributed by atoms with E-state index in [-0.39, 0.29) is 0 Å². The monoisotopic (exact) mass is 324 g/mol. The maximum Gasteiger partial charge on any atom is 0.191 e. The fourth-order valence-corrected chi connectivity index (χ4v) is 2.76. The molecule has 0 fully saturated rings. The lowest BCUT2D eigenvalue weighted by Gasteiger charge is -2.12. The third kappa shape index (κ3) is 3.76. The van der Waals surface area contributed by atoms with Crippen LogP contribution in [0.15, 0.2) is 53.8 Å². The molecule has 0 aliphatic carbocycles. The Bertz CT molecular complexity index is 814. The van der Waals surface area contributed by atoms with Gasteiger partial charge in [0, 0.05) is 45.1 Å². The molecule has 0 bridgehead atoms. The van der Waals surface area contributed by atoms with E-state index in [1.54, 1.807) is 13.2 Å². The van der Waals surface area contributed by atoms with Gasteiger partial charge in [0.25, 0.3) is 0 Å². The number of aromatic nitrogens is 3. The SMILES string of the molecule is CN=C(NCCCn1ccc2ccccc21)NCc1ccnn1C. The standard InChI is InChI=1S/C18H24N6/c1-19-18(21-14-16-8-11-22-23(16)2)20-10-5-12-24-13-9-15-6-3-4-7-17(15)24/h3-4,6-9,11,13H,5,10,12,14H2,1-2H3,(H2,19,20,21). The summed E-state index contributed by atoms with van der Waals surface area (Å²) in [5.74, 6) is 0.813. The van der Waals surface area contributed by atoms with E-state index in [1.807, 2.05) is 17.8 Å². The Hall–Kier alpha value is -2.76. The van der Waals surface area contributed by atoms with Crippen LogP contribution in [0.4, 0.5) is 0 Å². The normalized spacial score (nSPS) is 11.8. The van der Waals surface area contributed by atoms with Gasteiger partial charge in [0.05, 0.1) is 12.2 Å². The van der Waals surface area contributed by atoms with Crippen LogP contribution in [0.5, 0.6) is 0 Å². The molecule has 0 saturated carbocycles. The number of hydrogen-bond donors (Lipinski definition) is 2. The molecule has 0 saturated heterocycles. The average Bonchev–Trinajstić information content (AvgIpc) is 3.21. The van der Waals surface area contributed by atoms with Crippen LogP contribution in [0.1, 0.15) is 12.1 Å². The van der Waals surface area contributed by atoms with E-state index in [4.69, 9.17) is 0 Å². The highest BCUT2D eigenvalue weighted by atomic mass is 15.3. The lowest BCUT2D eigenvalue weighted by Crippen LogP contribution is -2.37. The van der Waals surface area contributed by atoms with Gasteiger partial charge in [0.2, 0.25) is 0 Å². The highest BCUT2D eigenvalue weighted by Gasteiger charge is 2.02. The molecule has 0 radical (unpaired) electrons. The van der Waals surface area contributed by atoms with Crippen LogP contribution in [0.3, 0.4) is 0 Å². The molecule has 0 unspecified atom stereocenters. The van der Waals surface area contributed by atoms with Crippen LogP contribution in [0.2, 0.25) is 0 Å². The first kappa shape index (κ1) is 16.1. The number of rotatable bonds is 6. The minimum absolute atomic E-state index is 0.707. The molecule has 2 heterocycles. The van der Waals surface area contributed by atoms with Crippen molar-refractivity contribution in [2.75, 3.05) is 13.6 Å². The number of hydrogen-bond acceptors (Lipinski definition) is 2. The Labute approximate surface area is 142 Å². The first-order valence-electron chi connectivity index (χ1n) is 8.23. The molecule has 24 heavy (non-hydrogen) atoms. The zero-order chi connectivity index (χ0) is 16.8. The number of benzene rings is 1. The summed E-state index contributed by atoms with van der Waals surface area (Å²) in [6.45, 7) is 2.56. The van der Waals surface area contributed by atoms with E-state index in [2.05, 4.69) is 61.8 Å². The summed E-state index contributed by atoms with van der Waals surface area (Å²) in [6.07, 6.45) is 4.99. The smallest absolute Gasteiger partial charge is 0.191 e. The lowest BCUT2D eigenvalue weighted by molar-refractivity contribution is 0.636. The van der Waals surface area contributed by atoms with E-state index in [0.717, 1.165) is 31.2 Å². The first-order valence-corrected chi connectivity index (χ1v) is 8.23. The summed E-state index contributed by atoms with van der Waals surface area (Å²) in [5, 5.41) is 12.1. The van der Waals surface area contributed by atoms with Gasteiger partial charge in [-0.3, -0.25) is 9.67 Å². The summed E-state index contributed by atoms with van der Waals surface area (Å²) in [6, 6.07) is 12.6. The van der Waals surface area contributed by atoms with Crippen molar-refractivity contribution in [3.05, 3.63) is 54.5 Å². The Kier molecular flexibility index (Phi) is 5.15. The molecule has 6 nitrogen and oxygen atoms in total. The van der Waals surface area contributed by atoms with E-state index in [9.17, 15) is 0 Å². The van der Waals surface area contributed by atoms with E-state index < -0.39 is 0 Å². The minimum Gasteiger partial charge on any atom is -0.356 e. The molecule has 2 N–H and O–H groups in total. The zero-order valence-electron chi connectivity index (χ0n) is 14.2. The molecule has 0 atom stereocenters. The molecule has 2 aromatic heterocycles. The van der Waals surface area contributed by atoms with Crippen molar-refractivity contribution in [2.45, 2.75) is 19.5 Å². The summed E-state index contributed by atoms with van der Waals surface area (Å²) in [4.78, 5) is 4.26. The average molecular weight is 324 g/mol. The largest absolute Gasteiger partial charge is 0.356 e. The molecule has 1 aromatic carbocycles. The van der Waals surface area contributed by atoms with Crippen molar-refractivity contribution in [2.24, 2.45) is 12.0 Å². The van der Waals surface area contributed by atoms with Crippen LogP contribution in [-0.4, -0.2) is 33.9 Å². The number of aliphatic imine (C=N–C) groups is 1. The number of nitrogens with one attached hydrogen (secondary N) is 2. The predicted octanol–water partition coefficient (Wildman–Crippen LogP) is 2.13. The fraction of sp³-hybridized carbons (Fsp3) is 0.333. The molecule has 6 heteroatoms. The zero-order valence-corrected chi connectivity index (χ0v) is 14.2. The second kappa shape index (κ2) is 7.68. The van der Waals surface area contributed by atoms with E-state index in [1.165, 1.54) is 10.9 Å². The van der Waals surface area contributed by atoms with Gasteiger partial charge in [-0.15, -0.1) is 0 Å². The maximum absolute atomic E-state index is 4.26. The molecule has 126 valence electrons. The second-order valence-electron chi connectivity index (χ2n) is 5.72. The first-order chi connectivity index (χ1) is 11.8. The van der Waals surface area contributed by atoms with Gasteiger partial charge in [-0.25, -0.2) is 0 Å². The van der Waals surface area contributed by atoms with Crippen molar-refractivity contribution >= 4 is 16.9 Å². The van der Waals surface area contributed by atoms with Crippen LogP contribution in [0.25, 0.3) is 10.9 Å². The molecule has 0 aliphatic heterocycles. The lowest BCUT2D eigenvalue weighted by atomic mass is 10.2. The van der Waals surface area contributed by atoms with Gasteiger partial charge < -0.3 is 15.2 Å². The molecule has 0 spiro atoms. The molecular formula is C18H24N6. The van der Waals surface area contributed by atoms with E-state index in [0.29, 0.717) is 6.54 Å². The number of nitrogens with zero attached hydrogens (tertiary/aromatic N) is 4. The van der Waals surface area contributed by atoms with Crippen molar-refractivity contribution < 1.29 is 0 Å². The number of guanidine groups is 1. The molecular weight excluding hydrogens is 300 g/mol. The van der Waals surface area contributed by atoms with Crippen LogP contribution >= 0.6 is 0 Å².